The van der Waals surface area contributed by atoms with Gasteiger partial charge in [0.25, 0.3) is 0 Å². The molecule has 0 aliphatic rings. The van der Waals surface area contributed by atoms with Gasteiger partial charge < -0.3 is 5.73 Å². The number of nitrogens with two attached hydrogens (primary N) is 1. The lowest BCUT2D eigenvalue weighted by atomic mass is 10.1. The molecule has 2 N–H and O–H groups in total. The van der Waals surface area contributed by atoms with Crippen LogP contribution in [0.5, 0.6) is 0 Å². The van der Waals surface area contributed by atoms with Crippen molar-refractivity contribution < 1.29 is 8.42 Å². The maximum Gasteiger partial charge on any atom is 0.185 e. The zero-order chi connectivity index (χ0) is 13.6. The number of benzene rings is 2. The molecule has 4 heteroatoms. The Labute approximate surface area is 108 Å². The smallest absolute Gasteiger partial charge is 0.185 e. The van der Waals surface area contributed by atoms with Crippen molar-refractivity contribution in [1.29, 1.82) is 0 Å². The van der Waals surface area contributed by atoms with Gasteiger partial charge in [0.1, 0.15) is 0 Å². The van der Waals surface area contributed by atoms with Crippen LogP contribution in [-0.2, 0) is 9.84 Å². The van der Waals surface area contributed by atoms with E-state index < -0.39 is 14.6 Å². The Morgan fingerprint density at radius 1 is 1.00 bits per heavy atom. The van der Waals surface area contributed by atoms with Crippen LogP contribution >= 0.6 is 0 Å². The van der Waals surface area contributed by atoms with Gasteiger partial charge in [-0.3, -0.25) is 0 Å². The normalized spacial score (nSPS) is 12.8. The molecule has 0 bridgehead atoms. The van der Waals surface area contributed by atoms with Gasteiger partial charge in [-0.1, -0.05) is 30.3 Å². The second-order valence-corrected chi connectivity index (χ2v) is 7.96. The molecular weight excluding hydrogens is 246 g/mol. The van der Waals surface area contributed by atoms with E-state index in [4.69, 9.17) is 5.73 Å². The van der Waals surface area contributed by atoms with Crippen LogP contribution in [-0.4, -0.2) is 13.2 Å². The lowest BCUT2D eigenvalue weighted by molar-refractivity contribution is 0.561. The quantitative estimate of drug-likeness (QED) is 0.805. The van der Waals surface area contributed by atoms with Gasteiger partial charge in [0, 0.05) is 5.39 Å². The van der Waals surface area contributed by atoms with Crippen LogP contribution in [0, 0.1) is 0 Å². The molecule has 2 aromatic rings. The average molecular weight is 263 g/mol. The van der Waals surface area contributed by atoms with Crippen LogP contribution in [0.4, 0.5) is 5.69 Å². The molecule has 0 aliphatic heterocycles. The zero-order valence-electron chi connectivity index (χ0n) is 10.8. The average Bonchev–Trinajstić information content (AvgIpc) is 2.26. The number of rotatable bonds is 1. The van der Waals surface area contributed by atoms with Gasteiger partial charge >= 0.3 is 0 Å². The first kappa shape index (κ1) is 12.9. The van der Waals surface area contributed by atoms with Crippen LogP contribution in [0.25, 0.3) is 10.8 Å². The van der Waals surface area contributed by atoms with E-state index in [1.54, 1.807) is 32.9 Å². The summed E-state index contributed by atoms with van der Waals surface area (Å²) >= 11 is 0. The largest absolute Gasteiger partial charge is 0.398 e. The molecule has 0 aromatic heterocycles. The molecule has 0 saturated heterocycles. The minimum Gasteiger partial charge on any atom is -0.398 e. The van der Waals surface area contributed by atoms with Crippen molar-refractivity contribution in [1.82, 2.24) is 0 Å². The van der Waals surface area contributed by atoms with Gasteiger partial charge in [-0.05, 0) is 32.2 Å². The van der Waals surface area contributed by atoms with Crippen molar-refractivity contribution in [3.8, 4) is 0 Å². The highest BCUT2D eigenvalue weighted by Crippen LogP contribution is 2.34. The molecule has 2 aromatic carbocycles. The molecule has 3 nitrogen and oxygen atoms in total. The van der Waals surface area contributed by atoms with Gasteiger partial charge in [-0.15, -0.1) is 0 Å². The van der Waals surface area contributed by atoms with E-state index in [0.717, 1.165) is 5.39 Å². The topological polar surface area (TPSA) is 60.2 Å². The molecule has 0 radical (unpaired) electrons. The Balaban J connectivity index is 2.91. The number of sulfone groups is 1. The molecule has 18 heavy (non-hydrogen) atoms. The second-order valence-electron chi connectivity index (χ2n) is 5.32. The van der Waals surface area contributed by atoms with Gasteiger partial charge in [-0.2, -0.15) is 0 Å². The molecule has 96 valence electrons. The second kappa shape index (κ2) is 3.99. The first-order chi connectivity index (χ1) is 8.25. The Kier molecular flexibility index (Phi) is 2.86. The zero-order valence-corrected chi connectivity index (χ0v) is 11.6. The van der Waals surface area contributed by atoms with E-state index in [9.17, 15) is 8.42 Å². The van der Waals surface area contributed by atoms with Gasteiger partial charge in [0.05, 0.1) is 15.3 Å². The number of hydrogen-bond donors (Lipinski definition) is 1. The summed E-state index contributed by atoms with van der Waals surface area (Å²) in [6.07, 6.45) is 0. The van der Waals surface area contributed by atoms with Crippen LogP contribution in [0.15, 0.2) is 41.3 Å². The number of hydrogen-bond acceptors (Lipinski definition) is 3. The summed E-state index contributed by atoms with van der Waals surface area (Å²) in [5, 5.41) is 1.57. The SMILES string of the molecule is CC(C)(C)S(=O)(=O)c1c(N)ccc2ccccc12. The molecular formula is C14H17NO2S. The number of fused-ring (bicyclic) bond motifs is 1. The summed E-state index contributed by atoms with van der Waals surface area (Å²) in [7, 11) is -3.46. The summed E-state index contributed by atoms with van der Waals surface area (Å²) in [5.41, 5.74) is 6.20. The highest BCUT2D eigenvalue weighted by Gasteiger charge is 2.33. The minimum absolute atomic E-state index is 0.244. The molecule has 0 unspecified atom stereocenters. The van der Waals surface area contributed by atoms with E-state index in [-0.39, 0.29) is 4.90 Å². The maximum absolute atomic E-state index is 12.6. The third kappa shape index (κ3) is 1.86. The monoisotopic (exact) mass is 263 g/mol. The molecule has 0 fully saturated rings. The Bertz CT molecular complexity index is 697. The van der Waals surface area contributed by atoms with E-state index >= 15 is 0 Å². The fourth-order valence-corrected chi connectivity index (χ4v) is 3.33. The van der Waals surface area contributed by atoms with Crippen LogP contribution in [0.3, 0.4) is 0 Å². The lowest BCUT2D eigenvalue weighted by Gasteiger charge is -2.21. The van der Waals surface area contributed by atoms with E-state index in [0.29, 0.717) is 11.1 Å². The predicted molar refractivity (Wildman–Crippen MR) is 75.3 cm³/mol. The fourth-order valence-electron chi connectivity index (χ4n) is 1.87. The van der Waals surface area contributed by atoms with E-state index in [1.165, 1.54) is 0 Å². The van der Waals surface area contributed by atoms with Crippen molar-refractivity contribution in [2.75, 3.05) is 5.73 Å². The maximum atomic E-state index is 12.6. The van der Waals surface area contributed by atoms with Crippen molar-refractivity contribution in [3.63, 3.8) is 0 Å². The summed E-state index contributed by atoms with van der Waals surface area (Å²) in [4.78, 5) is 0.244. The Hall–Kier alpha value is -1.55. The highest BCUT2D eigenvalue weighted by molar-refractivity contribution is 7.93. The lowest BCUT2D eigenvalue weighted by Crippen LogP contribution is -2.28. The first-order valence-corrected chi connectivity index (χ1v) is 7.25. The molecule has 0 amide bonds. The van der Waals surface area contributed by atoms with Gasteiger partial charge in [-0.25, -0.2) is 8.42 Å². The van der Waals surface area contributed by atoms with Crippen molar-refractivity contribution >= 4 is 26.3 Å². The molecule has 0 spiro atoms. The Morgan fingerprint density at radius 2 is 1.61 bits per heavy atom. The third-order valence-electron chi connectivity index (χ3n) is 2.98. The van der Waals surface area contributed by atoms with Crippen molar-refractivity contribution in [2.24, 2.45) is 0 Å². The number of nitrogen functional groups attached to an aromatic ring is 1. The predicted octanol–water partition coefficient (Wildman–Crippen LogP) is 2.99. The van der Waals surface area contributed by atoms with Crippen LogP contribution in [0.1, 0.15) is 20.8 Å². The fraction of sp³-hybridized carbons (Fsp3) is 0.286. The van der Waals surface area contributed by atoms with Gasteiger partial charge in [0.15, 0.2) is 9.84 Å². The highest BCUT2D eigenvalue weighted by atomic mass is 32.2. The van der Waals surface area contributed by atoms with Crippen molar-refractivity contribution in [3.05, 3.63) is 36.4 Å². The van der Waals surface area contributed by atoms with E-state index in [2.05, 4.69) is 0 Å². The first-order valence-electron chi connectivity index (χ1n) is 5.77. The minimum atomic E-state index is -3.46. The molecule has 0 aliphatic carbocycles. The van der Waals surface area contributed by atoms with Crippen LogP contribution < -0.4 is 5.73 Å². The van der Waals surface area contributed by atoms with E-state index in [1.807, 2.05) is 24.3 Å². The van der Waals surface area contributed by atoms with Crippen molar-refractivity contribution in [2.45, 2.75) is 30.4 Å². The summed E-state index contributed by atoms with van der Waals surface area (Å²) in [6.45, 7) is 5.05. The summed E-state index contributed by atoms with van der Waals surface area (Å²) in [5.74, 6) is 0. The van der Waals surface area contributed by atoms with Crippen LogP contribution in [0.2, 0.25) is 0 Å². The third-order valence-corrected chi connectivity index (χ3v) is 5.59. The summed E-state index contributed by atoms with van der Waals surface area (Å²) < 4.78 is 24.3. The molecule has 0 heterocycles. The Morgan fingerprint density at radius 3 is 2.22 bits per heavy atom. The molecule has 0 atom stereocenters. The molecule has 2 rings (SSSR count). The number of anilines is 1. The standard InChI is InChI=1S/C14H17NO2S/c1-14(2,3)18(16,17)13-11-7-5-4-6-10(11)8-9-12(13)15/h4-9H,15H2,1-3H3. The molecule has 0 saturated carbocycles. The summed E-state index contributed by atoms with van der Waals surface area (Å²) in [6, 6.07) is 10.9. The van der Waals surface area contributed by atoms with Gasteiger partial charge in [0.2, 0.25) is 0 Å².